The van der Waals surface area contributed by atoms with E-state index in [1.54, 1.807) is 0 Å². The van der Waals surface area contributed by atoms with Crippen LogP contribution in [0.5, 0.6) is 5.75 Å². The second kappa shape index (κ2) is 8.69. The number of phenols is 1. The van der Waals surface area contributed by atoms with Gasteiger partial charge in [-0.3, -0.25) is 4.90 Å². The average Bonchev–Trinajstić information content (AvgIpc) is 3.25. The summed E-state index contributed by atoms with van der Waals surface area (Å²) in [7, 11) is 0. The van der Waals surface area contributed by atoms with Gasteiger partial charge in [0.15, 0.2) is 0 Å². The predicted molar refractivity (Wildman–Crippen MR) is 94.8 cm³/mol. The van der Waals surface area contributed by atoms with Crippen LogP contribution in [-0.4, -0.2) is 36.2 Å². The van der Waals surface area contributed by atoms with Crippen LogP contribution in [0.4, 0.5) is 4.39 Å². The Labute approximate surface area is 151 Å². The van der Waals surface area contributed by atoms with Gasteiger partial charge in [-0.05, 0) is 40.4 Å². The van der Waals surface area contributed by atoms with Gasteiger partial charge in [0.1, 0.15) is 11.6 Å². The molecule has 0 bridgehead atoms. The van der Waals surface area contributed by atoms with Crippen LogP contribution < -0.4 is 5.32 Å². The van der Waals surface area contributed by atoms with E-state index in [9.17, 15) is 9.50 Å². The Morgan fingerprint density at radius 2 is 1.91 bits per heavy atom. The summed E-state index contributed by atoms with van der Waals surface area (Å²) in [6.07, 6.45) is 3.54. The van der Waals surface area contributed by atoms with Crippen LogP contribution >= 0.6 is 40.7 Å². The van der Waals surface area contributed by atoms with Gasteiger partial charge in [-0.2, -0.15) is 0 Å². The molecule has 1 aliphatic heterocycles. The third kappa shape index (κ3) is 4.71. The molecule has 2 fully saturated rings. The van der Waals surface area contributed by atoms with Crippen molar-refractivity contribution in [2.45, 2.75) is 25.3 Å². The molecule has 1 saturated carbocycles. The van der Waals surface area contributed by atoms with E-state index in [1.807, 2.05) is 0 Å². The zero-order valence-electron chi connectivity index (χ0n) is 12.2. The summed E-state index contributed by atoms with van der Waals surface area (Å²) in [5.74, 6) is 0.632. The highest BCUT2D eigenvalue weighted by Crippen LogP contribution is 2.44. The van der Waals surface area contributed by atoms with E-state index in [4.69, 9.17) is 0 Å². The molecule has 1 aromatic rings. The maximum absolute atomic E-state index is 13.7. The van der Waals surface area contributed by atoms with Gasteiger partial charge in [0, 0.05) is 37.8 Å². The second-order valence-electron chi connectivity index (χ2n) is 5.81. The van der Waals surface area contributed by atoms with E-state index in [1.165, 1.54) is 25.0 Å². The van der Waals surface area contributed by atoms with Gasteiger partial charge in [0.2, 0.25) is 0 Å². The number of rotatable bonds is 4. The van der Waals surface area contributed by atoms with Crippen LogP contribution in [0.15, 0.2) is 16.6 Å². The molecule has 22 heavy (non-hydrogen) atoms. The lowest BCUT2D eigenvalue weighted by atomic mass is 9.97. The molecule has 0 unspecified atom stereocenters. The molecule has 7 heteroatoms. The normalized spacial score (nSPS) is 19.9. The van der Waals surface area contributed by atoms with Crippen molar-refractivity contribution in [3.05, 3.63) is 28.0 Å². The number of piperazine rings is 1. The summed E-state index contributed by atoms with van der Waals surface area (Å²) in [6, 6.07) is 2.94. The van der Waals surface area contributed by atoms with Crippen molar-refractivity contribution in [3.63, 3.8) is 0 Å². The van der Waals surface area contributed by atoms with Crippen molar-refractivity contribution in [2.75, 3.05) is 26.2 Å². The minimum Gasteiger partial charge on any atom is -0.506 e. The van der Waals surface area contributed by atoms with Gasteiger partial charge in [-0.25, -0.2) is 4.39 Å². The predicted octanol–water partition coefficient (Wildman–Crippen LogP) is 3.88. The lowest BCUT2D eigenvalue weighted by Crippen LogP contribution is -2.45. The first-order valence-electron chi connectivity index (χ1n) is 7.28. The highest BCUT2D eigenvalue weighted by molar-refractivity contribution is 9.10. The van der Waals surface area contributed by atoms with Crippen LogP contribution in [0.25, 0.3) is 0 Å². The van der Waals surface area contributed by atoms with E-state index >= 15 is 0 Å². The van der Waals surface area contributed by atoms with Gasteiger partial charge in [-0.1, -0.05) is 12.8 Å². The quantitative estimate of drug-likeness (QED) is 0.783. The maximum Gasteiger partial charge on any atom is 0.134 e. The minimum atomic E-state index is -0.291. The lowest BCUT2D eigenvalue weighted by molar-refractivity contribution is 0.157. The molecule has 0 amide bonds. The molecular weight excluding hydrogens is 394 g/mol. The zero-order valence-corrected chi connectivity index (χ0v) is 15.4. The van der Waals surface area contributed by atoms with Gasteiger partial charge in [0.25, 0.3) is 0 Å². The van der Waals surface area contributed by atoms with Gasteiger partial charge in [-0.15, -0.1) is 24.8 Å². The number of hydrogen-bond donors (Lipinski definition) is 2. The molecule has 1 heterocycles. The highest BCUT2D eigenvalue weighted by atomic mass is 79.9. The van der Waals surface area contributed by atoms with Crippen molar-refractivity contribution >= 4 is 40.7 Å². The smallest absolute Gasteiger partial charge is 0.134 e. The van der Waals surface area contributed by atoms with E-state index in [0.717, 1.165) is 44.1 Å². The molecular formula is C15H22BrCl2FN2O. The molecule has 2 aliphatic rings. The molecule has 0 aromatic heterocycles. The van der Waals surface area contributed by atoms with Crippen molar-refractivity contribution < 1.29 is 9.50 Å². The number of nitrogens with one attached hydrogen (secondary N) is 1. The summed E-state index contributed by atoms with van der Waals surface area (Å²) in [5.41, 5.74) is 0.727. The van der Waals surface area contributed by atoms with Gasteiger partial charge in [0.05, 0.1) is 4.47 Å². The molecule has 1 atom stereocenters. The van der Waals surface area contributed by atoms with Gasteiger partial charge >= 0.3 is 0 Å². The van der Waals surface area contributed by atoms with Crippen molar-refractivity contribution in [2.24, 2.45) is 5.92 Å². The van der Waals surface area contributed by atoms with E-state index in [2.05, 4.69) is 26.1 Å². The maximum atomic E-state index is 13.7. The van der Waals surface area contributed by atoms with E-state index in [0.29, 0.717) is 4.47 Å². The van der Waals surface area contributed by atoms with Crippen LogP contribution in [0.2, 0.25) is 0 Å². The summed E-state index contributed by atoms with van der Waals surface area (Å²) in [4.78, 5) is 2.37. The first kappa shape index (κ1) is 20.0. The minimum absolute atomic E-state index is 0. The van der Waals surface area contributed by atoms with Crippen molar-refractivity contribution in [1.82, 2.24) is 10.2 Å². The first-order valence-corrected chi connectivity index (χ1v) is 8.07. The third-order valence-electron chi connectivity index (χ3n) is 4.26. The zero-order chi connectivity index (χ0) is 14.1. The van der Waals surface area contributed by atoms with Crippen molar-refractivity contribution in [3.8, 4) is 5.75 Å². The number of phenolic OH excluding ortho intramolecular Hbond substituents is 1. The fourth-order valence-electron chi connectivity index (χ4n) is 2.98. The molecule has 2 N–H and O–H groups in total. The van der Waals surface area contributed by atoms with Gasteiger partial charge < -0.3 is 10.4 Å². The summed E-state index contributed by atoms with van der Waals surface area (Å²) >= 11 is 3.25. The largest absolute Gasteiger partial charge is 0.506 e. The fraction of sp³-hybridized carbons (Fsp3) is 0.600. The summed E-state index contributed by atoms with van der Waals surface area (Å²) < 4.78 is 14.2. The van der Waals surface area contributed by atoms with Crippen molar-refractivity contribution in [1.29, 1.82) is 0 Å². The Bertz CT molecular complexity index is 497. The number of aromatic hydroxyl groups is 1. The molecule has 3 nitrogen and oxygen atoms in total. The molecule has 1 aliphatic carbocycles. The number of benzene rings is 1. The first-order chi connectivity index (χ1) is 9.65. The molecule has 0 spiro atoms. The molecule has 126 valence electrons. The molecule has 0 radical (unpaired) electrons. The topological polar surface area (TPSA) is 35.5 Å². The SMILES string of the molecule is Cl.Cl.Oc1c(Br)cc(F)cc1[C@H](CC1CC1)N1CCNCC1. The number of hydrogen-bond acceptors (Lipinski definition) is 3. The third-order valence-corrected chi connectivity index (χ3v) is 4.87. The van der Waals surface area contributed by atoms with Crippen LogP contribution in [-0.2, 0) is 0 Å². The Balaban J connectivity index is 0.00000121. The highest BCUT2D eigenvalue weighted by Gasteiger charge is 2.32. The van der Waals surface area contributed by atoms with Crippen LogP contribution in [0.1, 0.15) is 30.9 Å². The lowest BCUT2D eigenvalue weighted by Gasteiger charge is -2.35. The Hall–Kier alpha value is -0.0700. The average molecular weight is 416 g/mol. The van der Waals surface area contributed by atoms with E-state index < -0.39 is 0 Å². The number of nitrogens with zero attached hydrogens (tertiary/aromatic N) is 1. The van der Waals surface area contributed by atoms with E-state index in [-0.39, 0.29) is 42.4 Å². The Morgan fingerprint density at radius 1 is 1.27 bits per heavy atom. The van der Waals surface area contributed by atoms with Crippen LogP contribution in [0, 0.1) is 11.7 Å². The fourth-order valence-corrected chi connectivity index (χ4v) is 3.42. The summed E-state index contributed by atoms with van der Waals surface area (Å²) in [6.45, 7) is 3.81. The summed E-state index contributed by atoms with van der Waals surface area (Å²) in [5, 5.41) is 13.6. The standard InChI is InChI=1S/C15H20BrFN2O.2ClH/c16-13-9-11(17)8-12(15(13)20)14(7-10-1-2-10)19-5-3-18-4-6-19;;/h8-10,14,18,20H,1-7H2;2*1H/t14-;;/m0../s1. The molecule has 1 aromatic carbocycles. The van der Waals surface area contributed by atoms with Crippen LogP contribution in [0.3, 0.4) is 0 Å². The second-order valence-corrected chi connectivity index (χ2v) is 6.66. The molecule has 3 rings (SSSR count). The Kier molecular flexibility index (Phi) is 7.89. The monoisotopic (exact) mass is 414 g/mol. The Morgan fingerprint density at radius 3 is 2.50 bits per heavy atom. The number of halogens is 4. The molecule has 1 saturated heterocycles.